The summed E-state index contributed by atoms with van der Waals surface area (Å²) < 4.78 is 3.41. The Balaban J connectivity index is 1.78. The monoisotopic (exact) mass is 312 g/mol. The van der Waals surface area contributed by atoms with E-state index in [1.165, 1.54) is 0 Å². The van der Waals surface area contributed by atoms with Gasteiger partial charge in [0.2, 0.25) is 0 Å². The largest absolute Gasteiger partial charge is 0.346 e. The van der Waals surface area contributed by atoms with Crippen molar-refractivity contribution in [1.82, 2.24) is 19.7 Å². The van der Waals surface area contributed by atoms with Gasteiger partial charge < -0.3 is 5.32 Å². The van der Waals surface area contributed by atoms with Crippen molar-refractivity contribution < 1.29 is 0 Å². The summed E-state index contributed by atoms with van der Waals surface area (Å²) in [5.74, 6) is 1.34. The van der Waals surface area contributed by atoms with Gasteiger partial charge in [-0.3, -0.25) is 4.57 Å². The lowest BCUT2D eigenvalue weighted by molar-refractivity contribution is 0.429. The van der Waals surface area contributed by atoms with Gasteiger partial charge in [-0.05, 0) is 38.4 Å². The smallest absolute Gasteiger partial charge is 0.317 e. The zero-order chi connectivity index (χ0) is 16.1. The fourth-order valence-corrected chi connectivity index (χ4v) is 3.11. The maximum absolute atomic E-state index is 12.5. The van der Waals surface area contributed by atoms with Crippen molar-refractivity contribution in [3.63, 3.8) is 0 Å². The first kappa shape index (κ1) is 15.7. The highest BCUT2D eigenvalue weighted by molar-refractivity contribution is 5.48. The second-order valence-electron chi connectivity index (χ2n) is 5.90. The Morgan fingerprint density at radius 3 is 2.70 bits per heavy atom. The molecule has 1 aliphatic heterocycles. The van der Waals surface area contributed by atoms with Crippen molar-refractivity contribution in [3.8, 4) is 0 Å². The second-order valence-corrected chi connectivity index (χ2v) is 5.90. The Kier molecular flexibility index (Phi) is 5.08. The molecule has 0 atom stereocenters. The molecule has 3 rings (SSSR count). The van der Waals surface area contributed by atoms with Crippen LogP contribution >= 0.6 is 0 Å². The molecule has 1 aromatic heterocycles. The molecule has 0 bridgehead atoms. The number of aromatic nitrogens is 3. The molecule has 0 amide bonds. The molecule has 1 aromatic carbocycles. The van der Waals surface area contributed by atoms with E-state index in [9.17, 15) is 4.79 Å². The van der Waals surface area contributed by atoms with Crippen molar-refractivity contribution in [1.29, 1.82) is 0 Å². The third-order valence-electron chi connectivity index (χ3n) is 4.36. The van der Waals surface area contributed by atoms with E-state index in [4.69, 9.17) is 0 Å². The minimum atomic E-state index is -0.00116. The summed E-state index contributed by atoms with van der Waals surface area (Å²) in [5.41, 5.74) is 1.13. The standard InChI is InChI=1S/C18H24N4O/c1-2-21-17(16-10-12-19-13-11-16)20-22(18(21)23)14-6-9-15-7-4-3-5-8-15/h3-9,16,19H,2,10-14H2,1H3/b9-6+. The van der Waals surface area contributed by atoms with Crippen LogP contribution in [0, 0.1) is 0 Å². The summed E-state index contributed by atoms with van der Waals surface area (Å²) in [7, 11) is 0. The fraction of sp³-hybridized carbons (Fsp3) is 0.444. The SMILES string of the molecule is CCn1c(C2CCNCC2)nn(C/C=C/c2ccccc2)c1=O. The molecule has 0 saturated carbocycles. The number of piperidine rings is 1. The van der Waals surface area contributed by atoms with Crippen LogP contribution in [-0.4, -0.2) is 27.4 Å². The summed E-state index contributed by atoms with van der Waals surface area (Å²) in [6.45, 7) is 5.21. The normalized spacial score (nSPS) is 16.2. The van der Waals surface area contributed by atoms with E-state index in [1.54, 1.807) is 4.68 Å². The van der Waals surface area contributed by atoms with Gasteiger partial charge in [-0.25, -0.2) is 9.48 Å². The minimum Gasteiger partial charge on any atom is -0.317 e. The highest BCUT2D eigenvalue weighted by Gasteiger charge is 2.22. The van der Waals surface area contributed by atoms with Gasteiger partial charge >= 0.3 is 5.69 Å². The van der Waals surface area contributed by atoms with E-state index in [1.807, 2.05) is 54.0 Å². The van der Waals surface area contributed by atoms with E-state index in [2.05, 4.69) is 10.4 Å². The average molecular weight is 312 g/mol. The maximum Gasteiger partial charge on any atom is 0.346 e. The van der Waals surface area contributed by atoms with Gasteiger partial charge in [0.1, 0.15) is 5.82 Å². The van der Waals surface area contributed by atoms with Crippen LogP contribution in [-0.2, 0) is 13.1 Å². The lowest BCUT2D eigenvalue weighted by atomic mass is 9.97. The number of benzene rings is 1. The Bertz CT molecular complexity index is 708. The molecule has 5 nitrogen and oxygen atoms in total. The first-order chi connectivity index (χ1) is 11.3. The van der Waals surface area contributed by atoms with Crippen molar-refractivity contribution in [3.05, 3.63) is 58.3 Å². The van der Waals surface area contributed by atoms with Gasteiger partial charge in [-0.1, -0.05) is 42.5 Å². The lowest BCUT2D eigenvalue weighted by Gasteiger charge is -2.21. The summed E-state index contributed by atoms with van der Waals surface area (Å²) in [6.07, 6.45) is 6.13. The highest BCUT2D eigenvalue weighted by atomic mass is 16.2. The molecule has 0 spiro atoms. The topological polar surface area (TPSA) is 51.9 Å². The van der Waals surface area contributed by atoms with Gasteiger partial charge in [0.05, 0.1) is 6.54 Å². The molecule has 23 heavy (non-hydrogen) atoms. The molecular weight excluding hydrogens is 288 g/mol. The molecule has 0 aliphatic carbocycles. The quantitative estimate of drug-likeness (QED) is 0.921. The van der Waals surface area contributed by atoms with Gasteiger partial charge in [0, 0.05) is 12.5 Å². The molecule has 1 saturated heterocycles. The third kappa shape index (κ3) is 3.62. The molecule has 2 aromatic rings. The van der Waals surface area contributed by atoms with E-state index >= 15 is 0 Å². The van der Waals surface area contributed by atoms with Crippen LogP contribution in [0.2, 0.25) is 0 Å². The van der Waals surface area contributed by atoms with Crippen molar-refractivity contribution in [2.75, 3.05) is 13.1 Å². The fourth-order valence-electron chi connectivity index (χ4n) is 3.11. The Labute approximate surface area is 136 Å². The van der Waals surface area contributed by atoms with Gasteiger partial charge in [0.25, 0.3) is 0 Å². The van der Waals surface area contributed by atoms with Gasteiger partial charge in [0.15, 0.2) is 0 Å². The number of allylic oxidation sites excluding steroid dienone is 1. The van der Waals surface area contributed by atoms with Crippen LogP contribution in [0.1, 0.15) is 37.1 Å². The average Bonchev–Trinajstić information content (AvgIpc) is 2.93. The van der Waals surface area contributed by atoms with E-state index < -0.39 is 0 Å². The molecular formula is C18H24N4O. The molecule has 0 unspecified atom stereocenters. The first-order valence-corrected chi connectivity index (χ1v) is 8.39. The predicted molar refractivity (Wildman–Crippen MR) is 92.5 cm³/mol. The van der Waals surface area contributed by atoms with Crippen LogP contribution in [0.4, 0.5) is 0 Å². The summed E-state index contributed by atoms with van der Waals surface area (Å²) >= 11 is 0. The molecule has 1 aliphatic rings. The zero-order valence-electron chi connectivity index (χ0n) is 13.6. The van der Waals surface area contributed by atoms with E-state index in [-0.39, 0.29) is 5.69 Å². The number of nitrogens with one attached hydrogen (secondary N) is 1. The lowest BCUT2D eigenvalue weighted by Crippen LogP contribution is -2.29. The Morgan fingerprint density at radius 2 is 2.00 bits per heavy atom. The van der Waals surface area contributed by atoms with Crippen molar-refractivity contribution in [2.45, 2.75) is 38.8 Å². The van der Waals surface area contributed by atoms with Crippen LogP contribution < -0.4 is 11.0 Å². The van der Waals surface area contributed by atoms with E-state index in [0.717, 1.165) is 37.3 Å². The summed E-state index contributed by atoms with van der Waals surface area (Å²) in [4.78, 5) is 12.5. The summed E-state index contributed by atoms with van der Waals surface area (Å²) in [5, 5.41) is 7.99. The number of hydrogen-bond donors (Lipinski definition) is 1. The molecule has 1 fully saturated rings. The molecule has 0 radical (unpaired) electrons. The second kappa shape index (κ2) is 7.42. The molecule has 5 heteroatoms. The van der Waals surface area contributed by atoms with Crippen LogP contribution in [0.3, 0.4) is 0 Å². The van der Waals surface area contributed by atoms with Crippen LogP contribution in [0.15, 0.2) is 41.2 Å². The van der Waals surface area contributed by atoms with Crippen molar-refractivity contribution in [2.24, 2.45) is 0 Å². The minimum absolute atomic E-state index is 0.00116. The first-order valence-electron chi connectivity index (χ1n) is 8.39. The van der Waals surface area contributed by atoms with E-state index in [0.29, 0.717) is 19.0 Å². The summed E-state index contributed by atoms with van der Waals surface area (Å²) in [6, 6.07) is 10.1. The predicted octanol–water partition coefficient (Wildman–Crippen LogP) is 2.25. The Hall–Kier alpha value is -2.14. The van der Waals surface area contributed by atoms with Crippen LogP contribution in [0.5, 0.6) is 0 Å². The Morgan fingerprint density at radius 1 is 1.26 bits per heavy atom. The maximum atomic E-state index is 12.5. The van der Waals surface area contributed by atoms with Crippen LogP contribution in [0.25, 0.3) is 6.08 Å². The number of hydrogen-bond acceptors (Lipinski definition) is 3. The van der Waals surface area contributed by atoms with Gasteiger partial charge in [-0.15, -0.1) is 0 Å². The number of rotatable bonds is 5. The molecule has 1 N–H and O–H groups in total. The number of nitrogens with zero attached hydrogens (tertiary/aromatic N) is 3. The molecule has 2 heterocycles. The third-order valence-corrected chi connectivity index (χ3v) is 4.36. The van der Waals surface area contributed by atoms with Crippen molar-refractivity contribution >= 4 is 6.08 Å². The van der Waals surface area contributed by atoms with Gasteiger partial charge in [-0.2, -0.15) is 5.10 Å². The highest BCUT2D eigenvalue weighted by Crippen LogP contribution is 2.22. The molecule has 122 valence electrons. The zero-order valence-corrected chi connectivity index (χ0v) is 13.6.